The van der Waals surface area contributed by atoms with Crippen molar-refractivity contribution in [1.29, 1.82) is 0 Å². The van der Waals surface area contributed by atoms with Gasteiger partial charge in [-0.25, -0.2) is 0 Å². The predicted molar refractivity (Wildman–Crippen MR) is 81.2 cm³/mol. The molecular formula is C17H19NO. The molecule has 2 rings (SSSR count). The maximum atomic E-state index is 11.0. The number of hydrogen-bond acceptors (Lipinski definition) is 1. The molecule has 0 aliphatic heterocycles. The lowest BCUT2D eigenvalue weighted by Crippen LogP contribution is -2.11. The molecule has 1 heterocycles. The summed E-state index contributed by atoms with van der Waals surface area (Å²) in [6.07, 6.45) is 7.42. The fourth-order valence-electron chi connectivity index (χ4n) is 2.10. The van der Waals surface area contributed by atoms with Crippen LogP contribution in [0, 0.1) is 0 Å². The molecular weight excluding hydrogens is 234 g/mol. The Morgan fingerprint density at radius 3 is 2.74 bits per heavy atom. The predicted octanol–water partition coefficient (Wildman–Crippen LogP) is 4.23. The first-order valence-corrected chi connectivity index (χ1v) is 6.38. The van der Waals surface area contributed by atoms with Gasteiger partial charge in [-0.05, 0) is 36.3 Å². The van der Waals surface area contributed by atoms with Crippen LogP contribution < -0.4 is 0 Å². The average molecular weight is 253 g/mol. The van der Waals surface area contributed by atoms with E-state index in [1.165, 1.54) is 10.9 Å². The molecule has 0 saturated carbocycles. The second kappa shape index (κ2) is 4.88. The number of fused-ring (bicyclic) bond motifs is 1. The van der Waals surface area contributed by atoms with Gasteiger partial charge in [0.1, 0.15) is 0 Å². The second-order valence-corrected chi connectivity index (χ2v) is 5.38. The monoisotopic (exact) mass is 253 g/mol. The van der Waals surface area contributed by atoms with Crippen molar-refractivity contribution in [3.63, 3.8) is 0 Å². The van der Waals surface area contributed by atoms with Crippen LogP contribution in [0.3, 0.4) is 0 Å². The summed E-state index contributed by atoms with van der Waals surface area (Å²) in [6.45, 7) is 9.74. The molecule has 0 unspecified atom stereocenters. The number of benzene rings is 1. The van der Waals surface area contributed by atoms with Crippen molar-refractivity contribution in [2.24, 2.45) is 0 Å². The maximum absolute atomic E-state index is 11.0. The zero-order valence-electron chi connectivity index (χ0n) is 11.7. The van der Waals surface area contributed by atoms with E-state index in [-0.39, 0.29) is 11.2 Å². The number of carbonyl (C=O) groups is 1. The van der Waals surface area contributed by atoms with Gasteiger partial charge < -0.3 is 4.98 Å². The Bertz CT molecular complexity index is 659. The summed E-state index contributed by atoms with van der Waals surface area (Å²) in [7, 11) is 0. The van der Waals surface area contributed by atoms with Gasteiger partial charge in [0.25, 0.3) is 0 Å². The molecule has 0 bridgehead atoms. The third kappa shape index (κ3) is 2.68. The van der Waals surface area contributed by atoms with Gasteiger partial charge in [0.05, 0.1) is 0 Å². The van der Waals surface area contributed by atoms with Gasteiger partial charge >= 0.3 is 0 Å². The summed E-state index contributed by atoms with van der Waals surface area (Å²) >= 11 is 0. The molecule has 0 spiro atoms. The van der Waals surface area contributed by atoms with Crippen LogP contribution >= 0.6 is 0 Å². The number of nitrogens with one attached hydrogen (secondary N) is 1. The lowest BCUT2D eigenvalue weighted by atomic mass is 9.84. The van der Waals surface area contributed by atoms with E-state index in [2.05, 4.69) is 31.5 Å². The van der Waals surface area contributed by atoms with E-state index in [9.17, 15) is 4.79 Å². The smallest absolute Gasteiger partial charge is 0.152 e. The Balaban J connectivity index is 2.55. The van der Waals surface area contributed by atoms with Crippen LogP contribution in [0.4, 0.5) is 0 Å². The SMILES string of the molecule is C=CC(C)(C)c1c[nH]c2ccc(C=CC(C)=O)cc12. The summed E-state index contributed by atoms with van der Waals surface area (Å²) in [6, 6.07) is 6.15. The third-order valence-electron chi connectivity index (χ3n) is 3.42. The van der Waals surface area contributed by atoms with Crippen LogP contribution in [0.2, 0.25) is 0 Å². The summed E-state index contributed by atoms with van der Waals surface area (Å²) in [5.41, 5.74) is 3.27. The third-order valence-corrected chi connectivity index (χ3v) is 3.42. The van der Waals surface area contributed by atoms with E-state index < -0.39 is 0 Å². The van der Waals surface area contributed by atoms with Gasteiger partial charge in [-0.3, -0.25) is 4.79 Å². The molecule has 1 aromatic carbocycles. The van der Waals surface area contributed by atoms with Crippen LogP contribution in [0.25, 0.3) is 17.0 Å². The van der Waals surface area contributed by atoms with E-state index in [0.717, 1.165) is 11.1 Å². The highest BCUT2D eigenvalue weighted by molar-refractivity contribution is 5.93. The lowest BCUT2D eigenvalue weighted by molar-refractivity contribution is -0.112. The molecule has 2 heteroatoms. The van der Waals surface area contributed by atoms with E-state index >= 15 is 0 Å². The number of aromatic nitrogens is 1. The number of rotatable bonds is 4. The molecule has 0 aliphatic carbocycles. The second-order valence-electron chi connectivity index (χ2n) is 5.38. The molecule has 0 amide bonds. The first-order valence-electron chi connectivity index (χ1n) is 6.38. The zero-order chi connectivity index (χ0) is 14.0. The highest BCUT2D eigenvalue weighted by atomic mass is 16.1. The molecule has 1 aromatic heterocycles. The largest absolute Gasteiger partial charge is 0.361 e. The topological polar surface area (TPSA) is 32.9 Å². The average Bonchev–Trinajstić information content (AvgIpc) is 2.80. The molecule has 0 radical (unpaired) electrons. The number of aromatic amines is 1. The van der Waals surface area contributed by atoms with Gasteiger partial charge in [0.15, 0.2) is 5.78 Å². The van der Waals surface area contributed by atoms with Gasteiger partial charge in [-0.1, -0.05) is 32.1 Å². The summed E-state index contributed by atoms with van der Waals surface area (Å²) in [5, 5.41) is 1.18. The quantitative estimate of drug-likeness (QED) is 0.641. The highest BCUT2D eigenvalue weighted by Gasteiger charge is 2.20. The van der Waals surface area contributed by atoms with Crippen LogP contribution in [0.15, 0.2) is 43.1 Å². The minimum absolute atomic E-state index is 0.0563. The summed E-state index contributed by atoms with van der Waals surface area (Å²) in [4.78, 5) is 14.3. The molecule has 2 nitrogen and oxygen atoms in total. The first-order chi connectivity index (χ1) is 8.94. The van der Waals surface area contributed by atoms with Crippen molar-refractivity contribution in [2.75, 3.05) is 0 Å². The Hall–Kier alpha value is -2.09. The summed E-state index contributed by atoms with van der Waals surface area (Å²) in [5.74, 6) is 0.0563. The van der Waals surface area contributed by atoms with Crippen LogP contribution in [-0.2, 0) is 10.2 Å². The Morgan fingerprint density at radius 1 is 1.37 bits per heavy atom. The molecule has 19 heavy (non-hydrogen) atoms. The molecule has 98 valence electrons. The van der Waals surface area contributed by atoms with Crippen LogP contribution in [0.1, 0.15) is 31.9 Å². The molecule has 1 N–H and O–H groups in total. The lowest BCUT2D eigenvalue weighted by Gasteiger charge is -2.19. The summed E-state index contributed by atoms with van der Waals surface area (Å²) < 4.78 is 0. The standard InChI is InChI=1S/C17H19NO/c1-5-17(3,4)15-11-18-16-9-8-13(10-14(15)16)7-6-12(2)19/h5-11,18H,1H2,2-4H3. The van der Waals surface area contributed by atoms with Crippen LogP contribution in [-0.4, -0.2) is 10.8 Å². The fraction of sp³-hybridized carbons (Fsp3) is 0.235. The fourth-order valence-corrected chi connectivity index (χ4v) is 2.10. The number of H-pyrrole nitrogens is 1. The Labute approximate surface area is 113 Å². The molecule has 0 atom stereocenters. The Kier molecular flexibility index (Phi) is 3.43. The van der Waals surface area contributed by atoms with Crippen molar-refractivity contribution in [1.82, 2.24) is 4.98 Å². The van der Waals surface area contributed by atoms with Crippen molar-refractivity contribution < 1.29 is 4.79 Å². The number of carbonyl (C=O) groups excluding carboxylic acids is 1. The van der Waals surface area contributed by atoms with E-state index in [1.807, 2.05) is 30.5 Å². The molecule has 0 fully saturated rings. The number of allylic oxidation sites excluding steroid dienone is 2. The van der Waals surface area contributed by atoms with E-state index in [0.29, 0.717) is 0 Å². The Morgan fingerprint density at radius 2 is 2.11 bits per heavy atom. The van der Waals surface area contributed by atoms with Crippen molar-refractivity contribution in [3.8, 4) is 0 Å². The number of hydrogen-bond donors (Lipinski definition) is 1. The van der Waals surface area contributed by atoms with Gasteiger partial charge in [0.2, 0.25) is 0 Å². The van der Waals surface area contributed by atoms with E-state index in [4.69, 9.17) is 0 Å². The van der Waals surface area contributed by atoms with Gasteiger partial charge in [-0.15, -0.1) is 6.58 Å². The van der Waals surface area contributed by atoms with Crippen molar-refractivity contribution in [3.05, 3.63) is 54.3 Å². The molecule has 2 aromatic rings. The maximum Gasteiger partial charge on any atom is 0.152 e. The normalized spacial score (nSPS) is 12.2. The van der Waals surface area contributed by atoms with Gasteiger partial charge in [-0.2, -0.15) is 0 Å². The zero-order valence-corrected chi connectivity index (χ0v) is 11.7. The first kappa shape index (κ1) is 13.3. The van der Waals surface area contributed by atoms with E-state index in [1.54, 1.807) is 13.0 Å². The van der Waals surface area contributed by atoms with Crippen molar-refractivity contribution in [2.45, 2.75) is 26.2 Å². The van der Waals surface area contributed by atoms with Crippen LogP contribution in [0.5, 0.6) is 0 Å². The van der Waals surface area contributed by atoms with Gasteiger partial charge in [0, 0.05) is 22.5 Å². The molecule has 0 aliphatic rings. The number of ketones is 1. The minimum Gasteiger partial charge on any atom is -0.361 e. The molecule has 0 saturated heterocycles. The highest BCUT2D eigenvalue weighted by Crippen LogP contribution is 2.31. The minimum atomic E-state index is -0.0822. The van der Waals surface area contributed by atoms with Crippen molar-refractivity contribution >= 4 is 22.8 Å².